The van der Waals surface area contributed by atoms with E-state index >= 15 is 0 Å². The maximum Gasteiger partial charge on any atom is 0.118 e. The van der Waals surface area contributed by atoms with Crippen LogP contribution in [0.15, 0.2) is 78.0 Å². The molecule has 0 heterocycles. The van der Waals surface area contributed by atoms with Crippen LogP contribution in [0.4, 0.5) is 0 Å². The van der Waals surface area contributed by atoms with Gasteiger partial charge in [0.25, 0.3) is 0 Å². The van der Waals surface area contributed by atoms with E-state index in [1.54, 1.807) is 7.11 Å². The Bertz CT molecular complexity index is 998. The lowest BCUT2D eigenvalue weighted by Gasteiger charge is -2.24. The monoisotopic (exact) mass is 325 g/mol. The van der Waals surface area contributed by atoms with Crippen LogP contribution in [0.2, 0.25) is 0 Å². The lowest BCUT2D eigenvalue weighted by atomic mass is 9.80. The Kier molecular flexibility index (Phi) is 3.95. The van der Waals surface area contributed by atoms with Gasteiger partial charge >= 0.3 is 0 Å². The average Bonchev–Trinajstić information content (AvgIpc) is 2.66. The van der Waals surface area contributed by atoms with Crippen LogP contribution in [-0.4, -0.2) is 12.8 Å². The average molecular weight is 325 g/mol. The fourth-order valence-corrected chi connectivity index (χ4v) is 3.39. The second-order valence-electron chi connectivity index (χ2n) is 6.13. The van der Waals surface area contributed by atoms with Crippen LogP contribution in [-0.2, 0) is 4.84 Å². The molecule has 0 aromatic heterocycles. The van der Waals surface area contributed by atoms with Crippen molar-refractivity contribution < 1.29 is 4.84 Å². The highest BCUT2D eigenvalue weighted by Crippen LogP contribution is 2.40. The Balaban J connectivity index is 2.03. The molecular weight excluding hydrogens is 306 g/mol. The molecule has 1 aliphatic carbocycles. The minimum absolute atomic E-state index is 0.875. The highest BCUT2D eigenvalue weighted by molar-refractivity contribution is 6.39. The summed E-state index contributed by atoms with van der Waals surface area (Å²) in [6.07, 6.45) is 2.21. The SMILES string of the molecule is CO/N=C1/C(=C\c2ccccc2C)c2ccccc2-c2ccccc21. The quantitative estimate of drug-likeness (QED) is 0.565. The minimum Gasteiger partial charge on any atom is -0.399 e. The zero-order valence-corrected chi connectivity index (χ0v) is 14.4. The van der Waals surface area contributed by atoms with Crippen LogP contribution in [0.25, 0.3) is 22.8 Å². The number of benzene rings is 3. The fraction of sp³-hybridized carbons (Fsp3) is 0.0870. The van der Waals surface area contributed by atoms with Crippen molar-refractivity contribution in [1.82, 2.24) is 0 Å². The van der Waals surface area contributed by atoms with Gasteiger partial charge in [0.2, 0.25) is 0 Å². The largest absolute Gasteiger partial charge is 0.399 e. The van der Waals surface area contributed by atoms with Crippen LogP contribution in [0.3, 0.4) is 0 Å². The molecule has 0 saturated heterocycles. The van der Waals surface area contributed by atoms with Crippen LogP contribution in [0.1, 0.15) is 22.3 Å². The molecule has 0 aliphatic heterocycles. The molecule has 122 valence electrons. The zero-order valence-electron chi connectivity index (χ0n) is 14.4. The molecule has 0 N–H and O–H groups in total. The second kappa shape index (κ2) is 6.40. The Hall–Kier alpha value is -3.13. The molecule has 1 aliphatic rings. The molecule has 2 nitrogen and oxygen atoms in total. The molecule has 3 aromatic rings. The highest BCUT2D eigenvalue weighted by atomic mass is 16.6. The first-order valence-electron chi connectivity index (χ1n) is 8.37. The van der Waals surface area contributed by atoms with Crippen molar-refractivity contribution in [3.8, 4) is 11.1 Å². The van der Waals surface area contributed by atoms with E-state index in [2.05, 4.69) is 84.9 Å². The fourth-order valence-electron chi connectivity index (χ4n) is 3.39. The van der Waals surface area contributed by atoms with Crippen LogP contribution in [0.5, 0.6) is 0 Å². The summed E-state index contributed by atoms with van der Waals surface area (Å²) in [6, 6.07) is 25.2. The Morgan fingerprint density at radius 3 is 1.96 bits per heavy atom. The molecular formula is C23H19NO. The Morgan fingerprint density at radius 2 is 1.28 bits per heavy atom. The summed E-state index contributed by atoms with van der Waals surface area (Å²) in [4.78, 5) is 5.20. The maximum absolute atomic E-state index is 5.20. The topological polar surface area (TPSA) is 21.6 Å². The van der Waals surface area contributed by atoms with Crippen molar-refractivity contribution in [3.63, 3.8) is 0 Å². The minimum atomic E-state index is 0.875. The zero-order chi connectivity index (χ0) is 17.2. The van der Waals surface area contributed by atoms with Gasteiger partial charge < -0.3 is 4.84 Å². The van der Waals surface area contributed by atoms with E-state index in [0.29, 0.717) is 0 Å². The van der Waals surface area contributed by atoms with Crippen molar-refractivity contribution in [3.05, 3.63) is 95.1 Å². The van der Waals surface area contributed by atoms with Crippen molar-refractivity contribution in [1.29, 1.82) is 0 Å². The van der Waals surface area contributed by atoms with E-state index in [1.165, 1.54) is 27.8 Å². The first-order valence-corrected chi connectivity index (χ1v) is 8.37. The van der Waals surface area contributed by atoms with E-state index in [4.69, 9.17) is 4.84 Å². The normalized spacial score (nSPS) is 15.8. The van der Waals surface area contributed by atoms with Gasteiger partial charge in [-0.2, -0.15) is 0 Å². The van der Waals surface area contributed by atoms with Crippen molar-refractivity contribution in [2.24, 2.45) is 5.16 Å². The predicted octanol–water partition coefficient (Wildman–Crippen LogP) is 5.57. The molecule has 0 bridgehead atoms. The number of fused-ring (bicyclic) bond motifs is 3. The summed E-state index contributed by atoms with van der Waals surface area (Å²) in [5.41, 5.74) is 9.09. The maximum atomic E-state index is 5.20. The summed E-state index contributed by atoms with van der Waals surface area (Å²) < 4.78 is 0. The van der Waals surface area contributed by atoms with Crippen LogP contribution in [0, 0.1) is 6.92 Å². The number of allylic oxidation sites excluding steroid dienone is 1. The molecule has 0 unspecified atom stereocenters. The van der Waals surface area contributed by atoms with E-state index in [1.807, 2.05) is 6.07 Å². The number of aryl methyl sites for hydroxylation is 1. The molecule has 2 heteroatoms. The lowest BCUT2D eigenvalue weighted by molar-refractivity contribution is 0.214. The molecule has 0 spiro atoms. The molecule has 25 heavy (non-hydrogen) atoms. The van der Waals surface area contributed by atoms with Gasteiger partial charge in [-0.25, -0.2) is 0 Å². The summed E-state index contributed by atoms with van der Waals surface area (Å²) in [5, 5.41) is 4.38. The first-order chi connectivity index (χ1) is 12.3. The molecule has 0 fully saturated rings. The third-order valence-corrected chi connectivity index (χ3v) is 4.62. The lowest BCUT2D eigenvalue weighted by Crippen LogP contribution is -2.13. The molecule has 3 aromatic carbocycles. The highest BCUT2D eigenvalue weighted by Gasteiger charge is 2.25. The van der Waals surface area contributed by atoms with Gasteiger partial charge in [0.15, 0.2) is 0 Å². The van der Waals surface area contributed by atoms with Crippen LogP contribution >= 0.6 is 0 Å². The summed E-state index contributed by atoms with van der Waals surface area (Å²) >= 11 is 0. The second-order valence-corrected chi connectivity index (χ2v) is 6.13. The van der Waals surface area contributed by atoms with Gasteiger partial charge in [-0.15, -0.1) is 0 Å². The Labute approximate surface area is 148 Å². The predicted molar refractivity (Wildman–Crippen MR) is 104 cm³/mol. The van der Waals surface area contributed by atoms with E-state index in [9.17, 15) is 0 Å². The van der Waals surface area contributed by atoms with E-state index in [0.717, 1.165) is 16.8 Å². The van der Waals surface area contributed by atoms with E-state index < -0.39 is 0 Å². The number of nitrogens with zero attached hydrogens (tertiary/aromatic N) is 1. The molecule has 0 atom stereocenters. The standard InChI is InChI=1S/C23H19NO/c1-16-9-3-4-10-17(16)15-22-20-13-6-5-11-18(20)19-12-7-8-14-21(19)23(22)24-25-2/h3-15H,1-2H3/b22-15-,24-23+. The molecule has 0 radical (unpaired) electrons. The van der Waals surface area contributed by atoms with Gasteiger partial charge in [-0.3, -0.25) is 0 Å². The first kappa shape index (κ1) is 15.4. The van der Waals surface area contributed by atoms with Gasteiger partial charge in [0.1, 0.15) is 12.8 Å². The summed E-state index contributed by atoms with van der Waals surface area (Å²) in [6.45, 7) is 2.13. The smallest absolute Gasteiger partial charge is 0.118 e. The van der Waals surface area contributed by atoms with Gasteiger partial charge in [-0.1, -0.05) is 78.0 Å². The number of hydrogen-bond acceptors (Lipinski definition) is 2. The molecule has 0 saturated carbocycles. The van der Waals surface area contributed by atoms with Gasteiger partial charge in [0, 0.05) is 11.1 Å². The summed E-state index contributed by atoms with van der Waals surface area (Å²) in [5.74, 6) is 0. The van der Waals surface area contributed by atoms with Gasteiger partial charge in [-0.05, 0) is 40.8 Å². The van der Waals surface area contributed by atoms with Crippen molar-refractivity contribution >= 4 is 17.4 Å². The van der Waals surface area contributed by atoms with Gasteiger partial charge in [0.05, 0.1) is 0 Å². The number of oxime groups is 1. The third kappa shape index (κ3) is 2.66. The Morgan fingerprint density at radius 1 is 0.720 bits per heavy atom. The van der Waals surface area contributed by atoms with E-state index in [-0.39, 0.29) is 0 Å². The summed E-state index contributed by atoms with van der Waals surface area (Å²) in [7, 11) is 1.60. The molecule has 0 amide bonds. The van der Waals surface area contributed by atoms with Crippen molar-refractivity contribution in [2.75, 3.05) is 7.11 Å². The van der Waals surface area contributed by atoms with Crippen LogP contribution < -0.4 is 0 Å². The molecule has 4 rings (SSSR count). The number of rotatable bonds is 2. The number of hydrogen-bond donors (Lipinski definition) is 0. The third-order valence-electron chi connectivity index (χ3n) is 4.62. The van der Waals surface area contributed by atoms with Crippen molar-refractivity contribution in [2.45, 2.75) is 6.92 Å².